The number of nitro benzene ring substituents is 1. The summed E-state index contributed by atoms with van der Waals surface area (Å²) in [5.74, 6) is 0.369. The molecule has 0 saturated carbocycles. The second-order valence-corrected chi connectivity index (χ2v) is 7.00. The van der Waals surface area contributed by atoms with Gasteiger partial charge < -0.3 is 5.32 Å². The Kier molecular flexibility index (Phi) is 9.30. The van der Waals surface area contributed by atoms with Crippen LogP contribution in [0, 0.1) is 16.0 Å². The van der Waals surface area contributed by atoms with Crippen molar-refractivity contribution in [1.29, 1.82) is 0 Å². The van der Waals surface area contributed by atoms with Gasteiger partial charge in [0.2, 0.25) is 5.91 Å². The number of carbonyl (C=O) groups excluding carboxylic acids is 1. The lowest BCUT2D eigenvalue weighted by Gasteiger charge is -2.20. The number of nitrogens with zero attached hydrogens (tertiary/aromatic N) is 2. The van der Waals surface area contributed by atoms with E-state index in [1.807, 2.05) is 13.8 Å². The van der Waals surface area contributed by atoms with Crippen molar-refractivity contribution in [2.24, 2.45) is 5.92 Å². The Labute approximate surface area is 159 Å². The first kappa shape index (κ1) is 23.0. The second kappa shape index (κ2) is 10.9. The van der Waals surface area contributed by atoms with E-state index in [0.29, 0.717) is 17.9 Å². The van der Waals surface area contributed by atoms with Gasteiger partial charge in [0.1, 0.15) is 6.10 Å². The van der Waals surface area contributed by atoms with Crippen LogP contribution in [-0.2, 0) is 21.0 Å². The van der Waals surface area contributed by atoms with Gasteiger partial charge in [-0.05, 0) is 44.7 Å². The average Bonchev–Trinajstić information content (AvgIpc) is 2.56. The summed E-state index contributed by atoms with van der Waals surface area (Å²) in [6.45, 7) is 9.29. The number of nitrogens with one attached hydrogen (secondary N) is 1. The lowest BCUT2D eigenvalue weighted by Crippen LogP contribution is -2.26. The van der Waals surface area contributed by atoms with E-state index in [1.165, 1.54) is 6.07 Å². The maximum atomic E-state index is 11.9. The molecule has 0 aliphatic rings. The van der Waals surface area contributed by atoms with E-state index in [1.54, 1.807) is 32.9 Å². The van der Waals surface area contributed by atoms with Crippen molar-refractivity contribution in [3.63, 3.8) is 0 Å². The number of nitro groups is 1. The topological polar surface area (TPSA) is 114 Å². The molecule has 1 rings (SSSR count). The molecule has 9 heteroatoms. The minimum Gasteiger partial charge on any atom is -0.352 e. The van der Waals surface area contributed by atoms with Crippen LogP contribution in [0.15, 0.2) is 18.2 Å². The van der Waals surface area contributed by atoms with Crippen LogP contribution in [0.5, 0.6) is 0 Å². The van der Waals surface area contributed by atoms with Crippen molar-refractivity contribution in [1.82, 2.24) is 10.7 Å². The monoisotopic (exact) mass is 383 g/mol. The Hall–Kier alpha value is -2.07. The predicted octanol–water partition coefficient (Wildman–Crippen LogP) is 3.67. The fraction of sp³-hybridized carbons (Fsp3) is 0.611. The molecule has 0 fully saturated rings. The van der Waals surface area contributed by atoms with Crippen LogP contribution in [0.2, 0.25) is 0 Å². The summed E-state index contributed by atoms with van der Waals surface area (Å²) in [4.78, 5) is 32.7. The summed E-state index contributed by atoms with van der Waals surface area (Å²) in [5.41, 5.74) is 0.814. The average molecular weight is 383 g/mol. The summed E-state index contributed by atoms with van der Waals surface area (Å²) < 4.78 is 0. The molecule has 1 aromatic rings. The molecule has 0 heterocycles. The molecule has 0 saturated heterocycles. The summed E-state index contributed by atoms with van der Waals surface area (Å²) in [6, 6.07) is 4.52. The predicted molar refractivity (Wildman–Crippen MR) is 98.4 cm³/mol. The Morgan fingerprint density at radius 3 is 2.48 bits per heavy atom. The quantitative estimate of drug-likeness (QED) is 0.442. The molecule has 1 amide bonds. The Balaban J connectivity index is 2.84. The van der Waals surface area contributed by atoms with E-state index in [9.17, 15) is 20.1 Å². The Morgan fingerprint density at radius 2 is 1.93 bits per heavy atom. The SMILES string of the molecule is CC(C)CCC(=O)NCc1ccc([N+](=O)[O-])c(C(C)ON(O)OC(C)C)c1. The second-order valence-electron chi connectivity index (χ2n) is 7.00. The molecular formula is C18H29N3O6. The molecule has 9 nitrogen and oxygen atoms in total. The van der Waals surface area contributed by atoms with Crippen LogP contribution in [-0.4, -0.2) is 27.5 Å². The molecule has 2 N–H and O–H groups in total. The van der Waals surface area contributed by atoms with Crippen molar-refractivity contribution >= 4 is 11.6 Å². The largest absolute Gasteiger partial charge is 0.352 e. The molecular weight excluding hydrogens is 354 g/mol. The fourth-order valence-electron chi connectivity index (χ4n) is 2.31. The molecule has 0 aliphatic heterocycles. The van der Waals surface area contributed by atoms with Crippen LogP contribution in [0.25, 0.3) is 0 Å². The van der Waals surface area contributed by atoms with E-state index in [4.69, 9.17) is 9.68 Å². The first-order valence-corrected chi connectivity index (χ1v) is 8.96. The first-order valence-electron chi connectivity index (χ1n) is 8.96. The van der Waals surface area contributed by atoms with Gasteiger partial charge in [-0.3, -0.25) is 20.1 Å². The van der Waals surface area contributed by atoms with Gasteiger partial charge in [0, 0.05) is 19.0 Å². The van der Waals surface area contributed by atoms with Gasteiger partial charge in [-0.15, -0.1) is 0 Å². The zero-order chi connectivity index (χ0) is 20.6. The standard InChI is InChI=1S/C18H29N3O6/c1-12(2)6-9-18(22)19-11-15-7-8-17(20(23)24)16(10-15)14(5)27-21(25)26-13(3)4/h7-8,10,12-14,25H,6,9,11H2,1-5H3,(H,19,22). The van der Waals surface area contributed by atoms with Crippen LogP contribution in [0.4, 0.5) is 5.69 Å². The summed E-state index contributed by atoms with van der Waals surface area (Å²) in [5, 5.41) is 23.9. The molecule has 27 heavy (non-hydrogen) atoms. The highest BCUT2D eigenvalue weighted by atomic mass is 17.1. The van der Waals surface area contributed by atoms with E-state index >= 15 is 0 Å². The van der Waals surface area contributed by atoms with Gasteiger partial charge in [-0.2, -0.15) is 0 Å². The number of benzene rings is 1. The van der Waals surface area contributed by atoms with Gasteiger partial charge in [-0.1, -0.05) is 19.9 Å². The molecule has 0 aromatic heterocycles. The maximum Gasteiger partial charge on any atom is 0.275 e. The van der Waals surface area contributed by atoms with Gasteiger partial charge in [0.15, 0.2) is 0 Å². The highest BCUT2D eigenvalue weighted by molar-refractivity contribution is 5.75. The number of hydrogen-bond acceptors (Lipinski definition) is 7. The molecule has 0 aliphatic carbocycles. The summed E-state index contributed by atoms with van der Waals surface area (Å²) >= 11 is 0. The zero-order valence-electron chi connectivity index (χ0n) is 16.5. The summed E-state index contributed by atoms with van der Waals surface area (Å²) in [6.07, 6.45) is 0.0586. The van der Waals surface area contributed by atoms with E-state index < -0.39 is 11.0 Å². The smallest absolute Gasteiger partial charge is 0.275 e. The van der Waals surface area contributed by atoms with Crippen LogP contribution in [0.3, 0.4) is 0 Å². The van der Waals surface area contributed by atoms with Crippen molar-refractivity contribution in [2.75, 3.05) is 0 Å². The van der Waals surface area contributed by atoms with Gasteiger partial charge in [0.05, 0.1) is 22.0 Å². The normalized spacial score (nSPS) is 12.6. The highest BCUT2D eigenvalue weighted by Gasteiger charge is 2.23. The van der Waals surface area contributed by atoms with Gasteiger partial charge in [0.25, 0.3) is 5.69 Å². The molecule has 1 atom stereocenters. The lowest BCUT2D eigenvalue weighted by molar-refractivity contribution is -0.530. The minimum absolute atomic E-state index is 0.0697. The third-order valence-corrected chi connectivity index (χ3v) is 3.71. The molecule has 0 spiro atoms. The molecule has 1 aromatic carbocycles. The Bertz CT molecular complexity index is 636. The van der Waals surface area contributed by atoms with Crippen LogP contribution in [0.1, 0.15) is 64.7 Å². The molecule has 0 bridgehead atoms. The molecule has 1 unspecified atom stereocenters. The highest BCUT2D eigenvalue weighted by Crippen LogP contribution is 2.29. The number of carbonyl (C=O) groups is 1. The number of rotatable bonds is 11. The maximum absolute atomic E-state index is 11.9. The van der Waals surface area contributed by atoms with Crippen molar-refractivity contribution in [3.8, 4) is 0 Å². The lowest BCUT2D eigenvalue weighted by atomic mass is 10.0. The third-order valence-electron chi connectivity index (χ3n) is 3.71. The van der Waals surface area contributed by atoms with Crippen molar-refractivity contribution < 1.29 is 24.6 Å². The number of amides is 1. The first-order chi connectivity index (χ1) is 12.6. The summed E-state index contributed by atoms with van der Waals surface area (Å²) in [7, 11) is 0. The fourth-order valence-corrected chi connectivity index (χ4v) is 2.31. The van der Waals surface area contributed by atoms with Crippen LogP contribution < -0.4 is 5.32 Å². The van der Waals surface area contributed by atoms with Crippen LogP contribution >= 0.6 is 0 Å². The third kappa shape index (κ3) is 8.44. The minimum atomic E-state index is -0.842. The van der Waals surface area contributed by atoms with Crippen molar-refractivity contribution in [2.45, 2.75) is 66.2 Å². The van der Waals surface area contributed by atoms with Crippen molar-refractivity contribution in [3.05, 3.63) is 39.4 Å². The molecule has 0 radical (unpaired) electrons. The Morgan fingerprint density at radius 1 is 1.26 bits per heavy atom. The van der Waals surface area contributed by atoms with Gasteiger partial charge >= 0.3 is 0 Å². The number of hydrogen-bond donors (Lipinski definition) is 2. The van der Waals surface area contributed by atoms with E-state index in [-0.39, 0.29) is 35.2 Å². The van der Waals surface area contributed by atoms with E-state index in [2.05, 4.69) is 5.32 Å². The zero-order valence-corrected chi connectivity index (χ0v) is 16.5. The van der Waals surface area contributed by atoms with Gasteiger partial charge in [-0.25, -0.2) is 9.68 Å². The molecule has 152 valence electrons. The van der Waals surface area contributed by atoms with E-state index in [0.717, 1.165) is 6.42 Å².